The summed E-state index contributed by atoms with van der Waals surface area (Å²) in [7, 11) is 2.64. The molecule has 1 unspecified atom stereocenters. The summed E-state index contributed by atoms with van der Waals surface area (Å²) in [5, 5.41) is 12.8. The van der Waals surface area contributed by atoms with Gasteiger partial charge in [0.05, 0.1) is 11.0 Å². The van der Waals surface area contributed by atoms with E-state index >= 15 is 0 Å². The average Bonchev–Trinajstić information content (AvgIpc) is 2.47. The fourth-order valence-corrected chi connectivity index (χ4v) is 1.88. The lowest BCUT2D eigenvalue weighted by Crippen LogP contribution is -2.42. The van der Waals surface area contributed by atoms with Gasteiger partial charge in [-0.05, 0) is 30.7 Å². The standard InChI is InChI=1S/C14H17F3N2O4/c1-9(13(22-2)23-3)18-12(14(15,16)17)8-10-4-6-11(7-5-10)19(20)21/h4-9,13,18H,1-3H3/b12-8-. The van der Waals surface area contributed by atoms with Gasteiger partial charge in [-0.2, -0.15) is 13.2 Å². The van der Waals surface area contributed by atoms with E-state index in [1.807, 2.05) is 0 Å². The summed E-state index contributed by atoms with van der Waals surface area (Å²) in [5.74, 6) is 0. The highest BCUT2D eigenvalue weighted by molar-refractivity contribution is 5.55. The zero-order valence-corrected chi connectivity index (χ0v) is 12.8. The average molecular weight is 334 g/mol. The third-order valence-corrected chi connectivity index (χ3v) is 2.98. The molecular formula is C14H17F3N2O4. The number of benzene rings is 1. The van der Waals surface area contributed by atoms with Crippen molar-refractivity contribution in [2.24, 2.45) is 0 Å². The lowest BCUT2D eigenvalue weighted by molar-refractivity contribution is -0.384. The maximum atomic E-state index is 13.1. The van der Waals surface area contributed by atoms with Crippen molar-refractivity contribution in [3.05, 3.63) is 45.6 Å². The maximum Gasteiger partial charge on any atom is 0.430 e. The summed E-state index contributed by atoms with van der Waals surface area (Å²) in [6.07, 6.45) is -4.62. The molecule has 1 aromatic carbocycles. The molecule has 0 amide bonds. The Bertz CT molecular complexity index is 554. The van der Waals surface area contributed by atoms with Crippen LogP contribution in [0.25, 0.3) is 6.08 Å². The van der Waals surface area contributed by atoms with Gasteiger partial charge in [0.1, 0.15) is 5.70 Å². The molecule has 0 aromatic heterocycles. The summed E-state index contributed by atoms with van der Waals surface area (Å²) in [4.78, 5) is 9.93. The van der Waals surface area contributed by atoms with Crippen LogP contribution in [0.15, 0.2) is 30.0 Å². The van der Waals surface area contributed by atoms with Gasteiger partial charge in [0.15, 0.2) is 6.29 Å². The quantitative estimate of drug-likeness (QED) is 0.471. The van der Waals surface area contributed by atoms with Gasteiger partial charge >= 0.3 is 6.18 Å². The number of halogens is 3. The Morgan fingerprint density at radius 1 is 1.26 bits per heavy atom. The number of non-ortho nitro benzene ring substituents is 1. The van der Waals surface area contributed by atoms with Crippen LogP contribution in [0.2, 0.25) is 0 Å². The number of rotatable bonds is 7. The summed E-state index contributed by atoms with van der Waals surface area (Å²) in [5.41, 5.74) is -1.03. The van der Waals surface area contributed by atoms with E-state index in [1.165, 1.54) is 33.3 Å². The second-order valence-electron chi connectivity index (χ2n) is 4.68. The van der Waals surface area contributed by atoms with Crippen LogP contribution in [0.1, 0.15) is 12.5 Å². The Morgan fingerprint density at radius 3 is 2.17 bits per heavy atom. The molecule has 6 nitrogen and oxygen atoms in total. The third kappa shape index (κ3) is 5.53. The molecule has 9 heteroatoms. The van der Waals surface area contributed by atoms with Gasteiger partial charge in [0.25, 0.3) is 5.69 Å². The Kier molecular flexibility index (Phi) is 6.52. The molecule has 0 saturated heterocycles. The molecule has 0 fully saturated rings. The Balaban J connectivity index is 3.04. The molecule has 0 bridgehead atoms. The molecule has 0 radical (unpaired) electrons. The molecule has 1 aromatic rings. The molecule has 0 aliphatic carbocycles. The van der Waals surface area contributed by atoms with E-state index in [4.69, 9.17) is 9.47 Å². The summed E-state index contributed by atoms with van der Waals surface area (Å²) >= 11 is 0. The SMILES string of the molecule is COC(OC)C(C)N/C(=C\c1ccc([N+](=O)[O-])cc1)C(F)(F)F. The highest BCUT2D eigenvalue weighted by Gasteiger charge is 2.35. The van der Waals surface area contributed by atoms with E-state index in [0.29, 0.717) is 0 Å². The largest absolute Gasteiger partial charge is 0.430 e. The fourth-order valence-electron chi connectivity index (χ4n) is 1.88. The minimum absolute atomic E-state index is 0.175. The van der Waals surface area contributed by atoms with Crippen molar-refractivity contribution in [2.75, 3.05) is 14.2 Å². The van der Waals surface area contributed by atoms with Gasteiger partial charge in [-0.15, -0.1) is 0 Å². The van der Waals surface area contributed by atoms with Crippen molar-refractivity contribution < 1.29 is 27.6 Å². The summed E-state index contributed by atoms with van der Waals surface area (Å²) in [6, 6.07) is 3.98. The minimum atomic E-state index is -4.62. The normalized spacial score (nSPS) is 14.0. The molecular weight excluding hydrogens is 317 g/mol. The van der Waals surface area contributed by atoms with E-state index in [9.17, 15) is 23.3 Å². The monoisotopic (exact) mass is 334 g/mol. The smallest absolute Gasteiger partial charge is 0.373 e. The molecule has 0 aliphatic heterocycles. The Morgan fingerprint density at radius 2 is 1.78 bits per heavy atom. The number of methoxy groups -OCH3 is 2. The number of ether oxygens (including phenoxy) is 2. The fraction of sp³-hybridized carbons (Fsp3) is 0.429. The Labute approximate surface area is 131 Å². The number of allylic oxidation sites excluding steroid dienone is 1. The van der Waals surface area contributed by atoms with E-state index < -0.39 is 29.1 Å². The van der Waals surface area contributed by atoms with E-state index in [0.717, 1.165) is 18.2 Å². The van der Waals surface area contributed by atoms with Crippen LogP contribution < -0.4 is 5.32 Å². The lowest BCUT2D eigenvalue weighted by atomic mass is 10.1. The van der Waals surface area contributed by atoms with E-state index in [2.05, 4.69) is 5.32 Å². The van der Waals surface area contributed by atoms with Crippen LogP contribution in [0.5, 0.6) is 0 Å². The number of nitro benzene ring substituents is 1. The zero-order valence-electron chi connectivity index (χ0n) is 12.8. The molecule has 23 heavy (non-hydrogen) atoms. The number of alkyl halides is 3. The van der Waals surface area contributed by atoms with Gasteiger partial charge in [-0.25, -0.2) is 0 Å². The Hall–Kier alpha value is -2.13. The lowest BCUT2D eigenvalue weighted by Gasteiger charge is -2.25. The molecule has 1 rings (SSSR count). The van der Waals surface area contributed by atoms with Gasteiger partial charge in [-0.1, -0.05) is 0 Å². The van der Waals surface area contributed by atoms with Crippen LogP contribution >= 0.6 is 0 Å². The first-order valence-corrected chi connectivity index (χ1v) is 6.54. The number of nitrogens with zero attached hydrogens (tertiary/aromatic N) is 1. The zero-order chi connectivity index (χ0) is 17.6. The second kappa shape index (κ2) is 7.93. The van der Waals surface area contributed by atoms with Gasteiger partial charge < -0.3 is 14.8 Å². The van der Waals surface area contributed by atoms with Crippen LogP contribution in [0.4, 0.5) is 18.9 Å². The number of hydrogen-bond donors (Lipinski definition) is 1. The van der Waals surface area contributed by atoms with Crippen molar-refractivity contribution in [1.29, 1.82) is 0 Å². The first kappa shape index (κ1) is 18.9. The predicted octanol–water partition coefficient (Wildman–Crippen LogP) is 3.10. The summed E-state index contributed by atoms with van der Waals surface area (Å²) < 4.78 is 49.2. The highest BCUT2D eigenvalue weighted by Crippen LogP contribution is 2.27. The van der Waals surface area contributed by atoms with Crippen LogP contribution in [0, 0.1) is 10.1 Å². The van der Waals surface area contributed by atoms with E-state index in [-0.39, 0.29) is 11.3 Å². The van der Waals surface area contributed by atoms with Crippen molar-refractivity contribution in [1.82, 2.24) is 5.32 Å². The predicted molar refractivity (Wildman–Crippen MR) is 77.5 cm³/mol. The van der Waals surface area contributed by atoms with E-state index in [1.54, 1.807) is 0 Å². The number of nitrogens with one attached hydrogen (secondary N) is 1. The van der Waals surface area contributed by atoms with Crippen molar-refractivity contribution >= 4 is 11.8 Å². The molecule has 128 valence electrons. The molecule has 0 aliphatic rings. The van der Waals surface area contributed by atoms with Crippen molar-refractivity contribution in [2.45, 2.75) is 25.4 Å². The van der Waals surface area contributed by atoms with Gasteiger partial charge in [0, 0.05) is 26.4 Å². The van der Waals surface area contributed by atoms with Gasteiger partial charge in [0.2, 0.25) is 0 Å². The second-order valence-corrected chi connectivity index (χ2v) is 4.68. The molecule has 0 spiro atoms. The van der Waals surface area contributed by atoms with Crippen molar-refractivity contribution in [3.8, 4) is 0 Å². The minimum Gasteiger partial charge on any atom is -0.373 e. The molecule has 1 N–H and O–H groups in total. The van der Waals surface area contributed by atoms with Crippen molar-refractivity contribution in [3.63, 3.8) is 0 Å². The van der Waals surface area contributed by atoms with Crippen LogP contribution in [0.3, 0.4) is 0 Å². The number of nitro groups is 1. The molecule has 0 heterocycles. The first-order valence-electron chi connectivity index (χ1n) is 6.54. The third-order valence-electron chi connectivity index (χ3n) is 2.98. The first-order chi connectivity index (χ1) is 10.7. The van der Waals surface area contributed by atoms with Gasteiger partial charge in [-0.3, -0.25) is 10.1 Å². The molecule has 0 saturated carbocycles. The summed E-state index contributed by atoms with van der Waals surface area (Å²) in [6.45, 7) is 1.48. The highest BCUT2D eigenvalue weighted by atomic mass is 19.4. The topological polar surface area (TPSA) is 73.6 Å². The maximum absolute atomic E-state index is 13.1. The van der Waals surface area contributed by atoms with Crippen LogP contribution in [-0.4, -0.2) is 37.7 Å². The molecule has 1 atom stereocenters. The van der Waals surface area contributed by atoms with Crippen LogP contribution in [-0.2, 0) is 9.47 Å². The number of hydrogen-bond acceptors (Lipinski definition) is 5.